The number of rotatable bonds is 3. The van der Waals surface area contributed by atoms with Crippen LogP contribution >= 0.6 is 11.3 Å². The van der Waals surface area contributed by atoms with Crippen LogP contribution < -0.4 is 11.1 Å². The van der Waals surface area contributed by atoms with Crippen LogP contribution in [0.15, 0.2) is 54.2 Å². The minimum atomic E-state index is -0.639. The largest absolute Gasteiger partial charge is 0.324 e. The molecule has 0 spiro atoms. The Kier molecular flexibility index (Phi) is 3.45. The normalized spacial score (nSPS) is 12.2. The van der Waals surface area contributed by atoms with Crippen molar-refractivity contribution in [3.63, 3.8) is 0 Å². The highest BCUT2D eigenvalue weighted by Gasteiger charge is 2.16. The number of nitrogens with one attached hydrogen (secondary N) is 1. The van der Waals surface area contributed by atoms with Crippen molar-refractivity contribution in [2.24, 2.45) is 5.73 Å². The molecule has 5 heteroatoms. The number of hydrogen-bond acceptors (Lipinski definition) is 4. The van der Waals surface area contributed by atoms with Crippen LogP contribution in [0.3, 0.4) is 0 Å². The van der Waals surface area contributed by atoms with E-state index in [1.165, 1.54) is 11.3 Å². The second-order valence-corrected chi connectivity index (χ2v) is 5.40. The monoisotopic (exact) mass is 283 g/mol. The highest BCUT2D eigenvalue weighted by Crippen LogP contribution is 2.21. The molecule has 0 aliphatic rings. The average molecular weight is 283 g/mol. The molecule has 1 atom stereocenters. The quantitative estimate of drug-likeness (QED) is 0.776. The fourth-order valence-corrected chi connectivity index (χ4v) is 2.71. The van der Waals surface area contributed by atoms with Crippen LogP contribution in [0.25, 0.3) is 10.8 Å². The van der Waals surface area contributed by atoms with Crippen LogP contribution in [0, 0.1) is 0 Å². The summed E-state index contributed by atoms with van der Waals surface area (Å²) < 4.78 is 0. The summed E-state index contributed by atoms with van der Waals surface area (Å²) >= 11 is 1.48. The van der Waals surface area contributed by atoms with Gasteiger partial charge in [0.05, 0.1) is 0 Å². The lowest BCUT2D eigenvalue weighted by atomic mass is 10.1. The second kappa shape index (κ2) is 5.40. The van der Waals surface area contributed by atoms with Gasteiger partial charge in [-0.25, -0.2) is 0 Å². The van der Waals surface area contributed by atoms with Crippen molar-refractivity contribution in [3.05, 3.63) is 59.0 Å². The third-order valence-corrected chi connectivity index (χ3v) is 4.00. The molecule has 3 N–H and O–H groups in total. The summed E-state index contributed by atoms with van der Waals surface area (Å²) in [6, 6.07) is 10.7. The summed E-state index contributed by atoms with van der Waals surface area (Å²) in [4.78, 5) is 17.0. The van der Waals surface area contributed by atoms with Gasteiger partial charge in [0.25, 0.3) is 0 Å². The van der Waals surface area contributed by atoms with E-state index >= 15 is 0 Å². The minimum absolute atomic E-state index is 0.212. The fraction of sp³-hybridized carbons (Fsp3) is 0.0667. The predicted molar refractivity (Wildman–Crippen MR) is 81.6 cm³/mol. The number of fused-ring (bicyclic) bond motifs is 1. The molecule has 100 valence electrons. The smallest absolute Gasteiger partial charge is 0.246 e. The molecule has 3 aromatic rings. The first-order valence-electron chi connectivity index (χ1n) is 6.18. The summed E-state index contributed by atoms with van der Waals surface area (Å²) in [5.74, 6) is -0.212. The Labute approximate surface area is 120 Å². The van der Waals surface area contributed by atoms with Gasteiger partial charge in [-0.1, -0.05) is 12.1 Å². The summed E-state index contributed by atoms with van der Waals surface area (Å²) in [5.41, 5.74) is 6.65. The predicted octanol–water partition coefficient (Wildman–Crippen LogP) is 2.93. The zero-order valence-electron chi connectivity index (χ0n) is 10.6. The van der Waals surface area contributed by atoms with Gasteiger partial charge in [0.1, 0.15) is 6.04 Å². The van der Waals surface area contributed by atoms with E-state index in [1.807, 2.05) is 41.8 Å². The Hall–Kier alpha value is -2.24. The number of hydrogen-bond donors (Lipinski definition) is 2. The maximum Gasteiger partial charge on any atom is 0.246 e. The highest BCUT2D eigenvalue weighted by atomic mass is 32.1. The van der Waals surface area contributed by atoms with E-state index in [-0.39, 0.29) is 5.91 Å². The lowest BCUT2D eigenvalue weighted by molar-refractivity contribution is -0.117. The van der Waals surface area contributed by atoms with E-state index in [9.17, 15) is 4.79 Å². The number of thiophene rings is 1. The van der Waals surface area contributed by atoms with Crippen molar-refractivity contribution < 1.29 is 4.79 Å². The van der Waals surface area contributed by atoms with Gasteiger partial charge in [-0.15, -0.1) is 11.3 Å². The summed E-state index contributed by atoms with van der Waals surface area (Å²) in [6.45, 7) is 0. The average Bonchev–Trinajstić information content (AvgIpc) is 3.00. The number of benzene rings is 1. The third-order valence-electron chi connectivity index (χ3n) is 3.04. The van der Waals surface area contributed by atoms with Crippen molar-refractivity contribution in [1.29, 1.82) is 0 Å². The SMILES string of the molecule is N[C@@H](C(=O)Nc1ccc2ccncc2c1)c1cccs1. The molecular weight excluding hydrogens is 270 g/mol. The van der Waals surface area contributed by atoms with Crippen molar-refractivity contribution >= 4 is 33.7 Å². The maximum atomic E-state index is 12.1. The number of nitrogens with zero attached hydrogens (tertiary/aromatic N) is 1. The number of aromatic nitrogens is 1. The van der Waals surface area contributed by atoms with Crippen LogP contribution in [0.5, 0.6) is 0 Å². The van der Waals surface area contributed by atoms with Gasteiger partial charge in [0, 0.05) is 28.3 Å². The molecule has 0 fully saturated rings. The fourth-order valence-electron chi connectivity index (χ4n) is 1.98. The number of anilines is 1. The molecule has 1 amide bonds. The maximum absolute atomic E-state index is 12.1. The summed E-state index contributed by atoms with van der Waals surface area (Å²) in [5, 5.41) is 6.81. The molecule has 3 rings (SSSR count). The van der Waals surface area contributed by atoms with Gasteiger partial charge >= 0.3 is 0 Å². The van der Waals surface area contributed by atoms with Gasteiger partial charge < -0.3 is 11.1 Å². The molecule has 4 nitrogen and oxygen atoms in total. The van der Waals surface area contributed by atoms with Crippen LogP contribution in [0.4, 0.5) is 5.69 Å². The molecular formula is C15H13N3OS. The molecule has 0 aliphatic carbocycles. The molecule has 2 aromatic heterocycles. The number of carbonyl (C=O) groups is 1. The molecule has 0 saturated heterocycles. The Balaban J connectivity index is 1.80. The van der Waals surface area contributed by atoms with Crippen molar-refractivity contribution in [3.8, 4) is 0 Å². The highest BCUT2D eigenvalue weighted by molar-refractivity contribution is 7.10. The van der Waals surface area contributed by atoms with Crippen LogP contribution in [0.1, 0.15) is 10.9 Å². The Morgan fingerprint density at radius 2 is 2.15 bits per heavy atom. The Bertz CT molecular complexity index is 740. The number of amides is 1. The first-order valence-corrected chi connectivity index (χ1v) is 7.05. The first kappa shape index (κ1) is 12.8. The van der Waals surface area contributed by atoms with Gasteiger partial charge in [-0.3, -0.25) is 9.78 Å². The van der Waals surface area contributed by atoms with E-state index < -0.39 is 6.04 Å². The van der Waals surface area contributed by atoms with Gasteiger partial charge in [-0.2, -0.15) is 0 Å². The molecule has 0 unspecified atom stereocenters. The zero-order chi connectivity index (χ0) is 13.9. The van der Waals surface area contributed by atoms with Crippen molar-refractivity contribution in [1.82, 2.24) is 4.98 Å². The standard InChI is InChI=1S/C15H13N3OS/c16-14(13-2-1-7-20-13)15(19)18-12-4-3-10-5-6-17-9-11(10)8-12/h1-9,14H,16H2,(H,18,19)/t14-/m1/s1. The van der Waals surface area contributed by atoms with E-state index in [1.54, 1.807) is 12.4 Å². The lowest BCUT2D eigenvalue weighted by Gasteiger charge is -2.11. The lowest BCUT2D eigenvalue weighted by Crippen LogP contribution is -2.26. The molecule has 2 heterocycles. The summed E-state index contributed by atoms with van der Waals surface area (Å²) in [7, 11) is 0. The molecule has 0 radical (unpaired) electrons. The van der Waals surface area contributed by atoms with Gasteiger partial charge in [0.2, 0.25) is 5.91 Å². The molecule has 0 saturated carbocycles. The summed E-state index contributed by atoms with van der Waals surface area (Å²) in [6.07, 6.45) is 3.51. The first-order chi connectivity index (χ1) is 9.74. The third kappa shape index (κ3) is 2.54. The minimum Gasteiger partial charge on any atom is -0.324 e. The topological polar surface area (TPSA) is 68.0 Å². The van der Waals surface area contributed by atoms with Gasteiger partial charge in [0.15, 0.2) is 0 Å². The van der Waals surface area contributed by atoms with Crippen LogP contribution in [0.2, 0.25) is 0 Å². The van der Waals surface area contributed by atoms with E-state index in [0.717, 1.165) is 21.3 Å². The van der Waals surface area contributed by atoms with Crippen LogP contribution in [-0.4, -0.2) is 10.9 Å². The second-order valence-electron chi connectivity index (χ2n) is 4.42. The van der Waals surface area contributed by atoms with Gasteiger partial charge in [-0.05, 0) is 35.0 Å². The van der Waals surface area contributed by atoms with E-state index in [0.29, 0.717) is 0 Å². The Morgan fingerprint density at radius 3 is 2.95 bits per heavy atom. The number of pyridine rings is 1. The van der Waals surface area contributed by atoms with Crippen molar-refractivity contribution in [2.75, 3.05) is 5.32 Å². The van der Waals surface area contributed by atoms with E-state index in [4.69, 9.17) is 5.73 Å². The molecule has 0 bridgehead atoms. The molecule has 20 heavy (non-hydrogen) atoms. The number of nitrogens with two attached hydrogens (primary N) is 1. The van der Waals surface area contributed by atoms with Crippen LogP contribution in [-0.2, 0) is 4.79 Å². The zero-order valence-corrected chi connectivity index (χ0v) is 11.4. The molecule has 0 aliphatic heterocycles. The number of carbonyl (C=O) groups excluding carboxylic acids is 1. The Morgan fingerprint density at radius 1 is 1.25 bits per heavy atom. The molecule has 1 aromatic carbocycles. The van der Waals surface area contributed by atoms with Crippen molar-refractivity contribution in [2.45, 2.75) is 6.04 Å². The van der Waals surface area contributed by atoms with E-state index in [2.05, 4.69) is 10.3 Å².